The quantitative estimate of drug-likeness (QED) is 0.898. The lowest BCUT2D eigenvalue weighted by Gasteiger charge is -2.21. The monoisotopic (exact) mass is 283 g/mol. The number of hydrogen-bond donors (Lipinski definition) is 1. The summed E-state index contributed by atoms with van der Waals surface area (Å²) in [6, 6.07) is 0.575. The molecule has 3 nitrogen and oxygen atoms in total. The zero-order valence-electron chi connectivity index (χ0n) is 9.45. The predicted molar refractivity (Wildman–Crippen MR) is 69.5 cm³/mol. The molecule has 0 atom stereocenters. The molecule has 1 fully saturated rings. The van der Waals surface area contributed by atoms with Gasteiger partial charge < -0.3 is 5.32 Å². The summed E-state index contributed by atoms with van der Waals surface area (Å²) in [6.07, 6.45) is 12.7. The summed E-state index contributed by atoms with van der Waals surface area (Å²) >= 11 is 3.47. The molecule has 1 heterocycles. The van der Waals surface area contributed by atoms with Crippen LogP contribution < -0.4 is 5.32 Å². The van der Waals surface area contributed by atoms with Crippen LogP contribution in [0, 0.1) is 0 Å². The number of nitrogens with zero attached hydrogens (tertiary/aromatic N) is 2. The van der Waals surface area contributed by atoms with Gasteiger partial charge in [0, 0.05) is 12.2 Å². The van der Waals surface area contributed by atoms with Crippen LogP contribution in [0.1, 0.15) is 44.9 Å². The molecule has 4 heteroatoms. The summed E-state index contributed by atoms with van der Waals surface area (Å²) in [5.41, 5.74) is 0. The van der Waals surface area contributed by atoms with Gasteiger partial charge >= 0.3 is 0 Å². The van der Waals surface area contributed by atoms with Gasteiger partial charge in [-0.3, -0.25) is 0 Å². The van der Waals surface area contributed by atoms with Crippen molar-refractivity contribution in [3.63, 3.8) is 0 Å². The van der Waals surface area contributed by atoms with Gasteiger partial charge in [0.05, 0.1) is 4.47 Å². The van der Waals surface area contributed by atoms with Crippen LogP contribution >= 0.6 is 15.9 Å². The molecule has 0 spiro atoms. The second-order valence-corrected chi connectivity index (χ2v) is 5.26. The summed E-state index contributed by atoms with van der Waals surface area (Å²) in [7, 11) is 0. The van der Waals surface area contributed by atoms with E-state index in [1.165, 1.54) is 44.9 Å². The van der Waals surface area contributed by atoms with Crippen molar-refractivity contribution in [1.29, 1.82) is 0 Å². The fourth-order valence-corrected chi connectivity index (χ4v) is 2.55. The zero-order valence-corrected chi connectivity index (χ0v) is 11.0. The van der Waals surface area contributed by atoms with Crippen molar-refractivity contribution in [3.8, 4) is 0 Å². The van der Waals surface area contributed by atoms with Crippen molar-refractivity contribution < 1.29 is 0 Å². The molecule has 1 saturated carbocycles. The van der Waals surface area contributed by atoms with E-state index < -0.39 is 0 Å². The predicted octanol–water partition coefficient (Wildman–Crippen LogP) is 3.76. The molecule has 88 valence electrons. The van der Waals surface area contributed by atoms with Crippen LogP contribution in [0.5, 0.6) is 0 Å². The highest BCUT2D eigenvalue weighted by Crippen LogP contribution is 2.23. The molecular formula is C12H18BrN3. The molecule has 0 saturated heterocycles. The van der Waals surface area contributed by atoms with Gasteiger partial charge in [0.2, 0.25) is 0 Å². The summed E-state index contributed by atoms with van der Waals surface area (Å²) < 4.78 is 0.956. The van der Waals surface area contributed by atoms with Crippen LogP contribution in [0.2, 0.25) is 0 Å². The van der Waals surface area contributed by atoms with Gasteiger partial charge in [-0.25, -0.2) is 9.97 Å². The lowest BCUT2D eigenvalue weighted by molar-refractivity contribution is 0.470. The normalized spacial score (nSPS) is 18.8. The van der Waals surface area contributed by atoms with E-state index in [2.05, 4.69) is 31.2 Å². The van der Waals surface area contributed by atoms with Crippen LogP contribution in [0.15, 0.2) is 17.0 Å². The van der Waals surface area contributed by atoms with Gasteiger partial charge in [0.25, 0.3) is 0 Å². The van der Waals surface area contributed by atoms with Crippen LogP contribution in [-0.2, 0) is 0 Å². The van der Waals surface area contributed by atoms with Crippen molar-refractivity contribution in [2.75, 3.05) is 5.32 Å². The lowest BCUT2D eigenvalue weighted by atomic mass is 9.97. The third-order valence-electron chi connectivity index (χ3n) is 3.11. The second kappa shape index (κ2) is 6.18. The molecule has 2 rings (SSSR count). The molecule has 1 aliphatic carbocycles. The molecule has 1 aromatic heterocycles. The van der Waals surface area contributed by atoms with Crippen molar-refractivity contribution in [2.24, 2.45) is 0 Å². The molecule has 1 aliphatic rings. The van der Waals surface area contributed by atoms with Crippen LogP contribution in [-0.4, -0.2) is 16.0 Å². The number of rotatable bonds is 2. The van der Waals surface area contributed by atoms with Crippen molar-refractivity contribution in [3.05, 3.63) is 17.0 Å². The van der Waals surface area contributed by atoms with Gasteiger partial charge in [-0.1, -0.05) is 32.1 Å². The Hall–Kier alpha value is -0.640. The van der Waals surface area contributed by atoms with E-state index in [1.807, 2.05) is 0 Å². The van der Waals surface area contributed by atoms with Crippen LogP contribution in [0.3, 0.4) is 0 Å². The number of halogens is 1. The first kappa shape index (κ1) is 11.8. The molecule has 1 aromatic rings. The number of aromatic nitrogens is 2. The average molecular weight is 284 g/mol. The van der Waals surface area contributed by atoms with Gasteiger partial charge in [0.15, 0.2) is 0 Å². The highest BCUT2D eigenvalue weighted by molar-refractivity contribution is 9.10. The van der Waals surface area contributed by atoms with Gasteiger partial charge in [-0.2, -0.15) is 0 Å². The first-order chi connectivity index (χ1) is 7.86. The molecule has 0 amide bonds. The van der Waals surface area contributed by atoms with Crippen molar-refractivity contribution in [2.45, 2.75) is 51.0 Å². The first-order valence-electron chi connectivity index (χ1n) is 6.08. The Balaban J connectivity index is 1.94. The maximum Gasteiger partial charge on any atom is 0.143 e. The topological polar surface area (TPSA) is 37.8 Å². The van der Waals surface area contributed by atoms with E-state index in [4.69, 9.17) is 0 Å². The fraction of sp³-hybridized carbons (Fsp3) is 0.667. The highest BCUT2D eigenvalue weighted by Gasteiger charge is 2.12. The largest absolute Gasteiger partial charge is 0.366 e. The third kappa shape index (κ3) is 3.44. The van der Waals surface area contributed by atoms with E-state index >= 15 is 0 Å². The molecule has 0 aromatic carbocycles. The van der Waals surface area contributed by atoms with Crippen LogP contribution in [0.25, 0.3) is 0 Å². The lowest BCUT2D eigenvalue weighted by Crippen LogP contribution is -2.21. The molecule has 0 aliphatic heterocycles. The second-order valence-electron chi connectivity index (χ2n) is 4.41. The summed E-state index contributed by atoms with van der Waals surface area (Å²) in [5.74, 6) is 0.931. The Morgan fingerprint density at radius 3 is 2.50 bits per heavy atom. The minimum Gasteiger partial charge on any atom is -0.366 e. The van der Waals surface area contributed by atoms with E-state index in [1.54, 1.807) is 12.5 Å². The van der Waals surface area contributed by atoms with Gasteiger partial charge in [-0.05, 0) is 28.8 Å². The maximum absolute atomic E-state index is 4.26. The molecular weight excluding hydrogens is 266 g/mol. The van der Waals surface area contributed by atoms with E-state index in [9.17, 15) is 0 Å². The standard InChI is InChI=1S/C12H18BrN3/c13-11-8-14-9-15-12(11)16-10-6-4-2-1-3-5-7-10/h8-10H,1-7H2,(H,14,15,16). The Kier molecular flexibility index (Phi) is 4.57. The highest BCUT2D eigenvalue weighted by atomic mass is 79.9. The molecule has 1 N–H and O–H groups in total. The zero-order chi connectivity index (χ0) is 11.2. The first-order valence-corrected chi connectivity index (χ1v) is 6.87. The average Bonchev–Trinajstić information content (AvgIpc) is 2.24. The maximum atomic E-state index is 4.26. The third-order valence-corrected chi connectivity index (χ3v) is 3.69. The summed E-state index contributed by atoms with van der Waals surface area (Å²) in [4.78, 5) is 8.23. The minimum atomic E-state index is 0.575. The van der Waals surface area contributed by atoms with E-state index in [-0.39, 0.29) is 0 Å². The van der Waals surface area contributed by atoms with Crippen molar-refractivity contribution in [1.82, 2.24) is 9.97 Å². The summed E-state index contributed by atoms with van der Waals surface area (Å²) in [6.45, 7) is 0. The Labute approximate surface area is 105 Å². The minimum absolute atomic E-state index is 0.575. The number of hydrogen-bond acceptors (Lipinski definition) is 3. The molecule has 0 bridgehead atoms. The molecule has 0 unspecified atom stereocenters. The fourth-order valence-electron chi connectivity index (χ4n) is 2.21. The smallest absolute Gasteiger partial charge is 0.143 e. The Morgan fingerprint density at radius 1 is 1.12 bits per heavy atom. The number of anilines is 1. The Bertz CT molecular complexity index is 322. The van der Waals surface area contributed by atoms with E-state index in [0.717, 1.165) is 10.3 Å². The number of nitrogens with one attached hydrogen (secondary N) is 1. The Morgan fingerprint density at radius 2 is 1.81 bits per heavy atom. The van der Waals surface area contributed by atoms with Crippen LogP contribution in [0.4, 0.5) is 5.82 Å². The van der Waals surface area contributed by atoms with Gasteiger partial charge in [-0.15, -0.1) is 0 Å². The molecule has 0 radical (unpaired) electrons. The molecule has 16 heavy (non-hydrogen) atoms. The SMILES string of the molecule is Brc1cncnc1NC1CCCCCCC1. The summed E-state index contributed by atoms with van der Waals surface area (Å²) in [5, 5.41) is 3.52. The van der Waals surface area contributed by atoms with Crippen molar-refractivity contribution >= 4 is 21.7 Å². The van der Waals surface area contributed by atoms with Gasteiger partial charge in [0.1, 0.15) is 12.1 Å². The van der Waals surface area contributed by atoms with E-state index in [0.29, 0.717) is 6.04 Å².